The Kier molecular flexibility index (Phi) is 1.25. The Morgan fingerprint density at radius 2 is 2.31 bits per heavy atom. The summed E-state index contributed by atoms with van der Waals surface area (Å²) in [6, 6.07) is 2.00. The Morgan fingerprint density at radius 3 is 3.31 bits per heavy atom. The first-order valence-corrected chi connectivity index (χ1v) is 4.24. The molecule has 13 heavy (non-hydrogen) atoms. The Labute approximate surface area is 75.8 Å². The van der Waals surface area contributed by atoms with Gasteiger partial charge in [0, 0.05) is 18.1 Å². The number of furan rings is 1. The summed E-state index contributed by atoms with van der Waals surface area (Å²) in [4.78, 5) is 0. The average molecular weight is 172 g/mol. The molecule has 0 spiro atoms. The first kappa shape index (κ1) is 6.78. The third-order valence-electron chi connectivity index (χ3n) is 2.31. The van der Waals surface area contributed by atoms with Crippen molar-refractivity contribution in [1.82, 2.24) is 0 Å². The van der Waals surface area contributed by atoms with Gasteiger partial charge < -0.3 is 9.15 Å². The second-order valence-electron chi connectivity index (χ2n) is 3.13. The van der Waals surface area contributed by atoms with Crippen molar-refractivity contribution in [2.75, 3.05) is 0 Å². The van der Waals surface area contributed by atoms with Crippen LogP contribution in [0.2, 0.25) is 0 Å². The lowest BCUT2D eigenvalue weighted by Crippen LogP contribution is -2.04. The van der Waals surface area contributed by atoms with Gasteiger partial charge in [0.1, 0.15) is 11.5 Å². The number of ether oxygens (including phenoxy) is 1. The molecular formula is C11H8O2. The summed E-state index contributed by atoms with van der Waals surface area (Å²) < 4.78 is 10.7. The molecule has 0 radical (unpaired) electrons. The molecule has 1 aliphatic carbocycles. The van der Waals surface area contributed by atoms with Crippen molar-refractivity contribution in [3.05, 3.63) is 53.4 Å². The van der Waals surface area contributed by atoms with E-state index in [1.807, 2.05) is 18.2 Å². The highest BCUT2D eigenvalue weighted by Crippen LogP contribution is 2.31. The lowest BCUT2D eigenvalue weighted by molar-refractivity contribution is 0.356. The molecule has 2 heteroatoms. The molecule has 0 aromatic carbocycles. The second-order valence-corrected chi connectivity index (χ2v) is 3.13. The van der Waals surface area contributed by atoms with Crippen LogP contribution in [0.25, 0.3) is 6.08 Å². The van der Waals surface area contributed by atoms with Gasteiger partial charge in [0.25, 0.3) is 0 Å². The first-order valence-electron chi connectivity index (χ1n) is 4.24. The third-order valence-corrected chi connectivity index (χ3v) is 2.31. The molecule has 2 heterocycles. The van der Waals surface area contributed by atoms with Crippen LogP contribution in [0.15, 0.2) is 46.5 Å². The summed E-state index contributed by atoms with van der Waals surface area (Å²) >= 11 is 0. The maximum atomic E-state index is 5.36. The van der Waals surface area contributed by atoms with Crippen LogP contribution in [0, 0.1) is 0 Å². The minimum atomic E-state index is 0.905. The van der Waals surface area contributed by atoms with Crippen molar-refractivity contribution >= 4 is 6.08 Å². The van der Waals surface area contributed by atoms with Gasteiger partial charge in [0.05, 0.1) is 12.5 Å². The van der Waals surface area contributed by atoms with Crippen molar-refractivity contribution in [3.8, 4) is 0 Å². The van der Waals surface area contributed by atoms with E-state index in [9.17, 15) is 0 Å². The zero-order valence-corrected chi connectivity index (χ0v) is 6.99. The molecule has 2 aliphatic rings. The van der Waals surface area contributed by atoms with Gasteiger partial charge >= 0.3 is 0 Å². The molecule has 0 bridgehead atoms. The van der Waals surface area contributed by atoms with E-state index in [2.05, 4.69) is 6.08 Å². The van der Waals surface area contributed by atoms with Crippen LogP contribution in [0.1, 0.15) is 11.3 Å². The second kappa shape index (κ2) is 2.39. The SMILES string of the molecule is C1=COC2=Cc3occc3CC2=C1. The van der Waals surface area contributed by atoms with Crippen LogP contribution in [-0.2, 0) is 11.2 Å². The fraction of sp³-hybridized carbons (Fsp3) is 0.0909. The molecule has 0 saturated heterocycles. The normalized spacial score (nSPS) is 18.2. The van der Waals surface area contributed by atoms with Gasteiger partial charge in [-0.3, -0.25) is 0 Å². The lowest BCUT2D eigenvalue weighted by atomic mass is 9.97. The summed E-state index contributed by atoms with van der Waals surface area (Å²) in [5, 5.41) is 0. The van der Waals surface area contributed by atoms with Crippen LogP contribution < -0.4 is 0 Å². The molecule has 0 atom stereocenters. The molecule has 0 amide bonds. The Balaban J connectivity index is 2.15. The monoisotopic (exact) mass is 172 g/mol. The molecule has 2 nitrogen and oxygen atoms in total. The zero-order chi connectivity index (χ0) is 8.67. The van der Waals surface area contributed by atoms with Gasteiger partial charge in [-0.1, -0.05) is 6.08 Å². The van der Waals surface area contributed by atoms with E-state index in [1.165, 1.54) is 11.1 Å². The number of allylic oxidation sites excluding steroid dienone is 3. The molecule has 0 fully saturated rings. The van der Waals surface area contributed by atoms with Gasteiger partial charge in [0.2, 0.25) is 0 Å². The van der Waals surface area contributed by atoms with E-state index in [0.717, 1.165) is 17.9 Å². The molecule has 0 unspecified atom stereocenters. The highest BCUT2D eigenvalue weighted by molar-refractivity contribution is 5.62. The van der Waals surface area contributed by atoms with E-state index in [1.54, 1.807) is 12.5 Å². The minimum absolute atomic E-state index is 0.905. The number of fused-ring (bicyclic) bond motifs is 2. The van der Waals surface area contributed by atoms with Crippen molar-refractivity contribution in [2.24, 2.45) is 0 Å². The van der Waals surface area contributed by atoms with Crippen LogP contribution in [0.5, 0.6) is 0 Å². The maximum absolute atomic E-state index is 5.36. The minimum Gasteiger partial charge on any atom is -0.465 e. The first-order chi connectivity index (χ1) is 6.43. The fourth-order valence-corrected chi connectivity index (χ4v) is 1.64. The summed E-state index contributed by atoms with van der Waals surface area (Å²) in [5.41, 5.74) is 2.45. The Hall–Kier alpha value is -1.70. The standard InChI is InChI=1S/C11H8O2/c1-2-8-6-9-3-5-13-11(9)7-10(8)12-4-1/h1-5,7H,6H2. The molecule has 0 N–H and O–H groups in total. The van der Waals surface area contributed by atoms with Crippen LogP contribution in [0.3, 0.4) is 0 Å². The molecule has 1 aromatic rings. The lowest BCUT2D eigenvalue weighted by Gasteiger charge is -2.17. The topological polar surface area (TPSA) is 22.4 Å². The van der Waals surface area contributed by atoms with E-state index < -0.39 is 0 Å². The zero-order valence-electron chi connectivity index (χ0n) is 6.99. The number of hydrogen-bond acceptors (Lipinski definition) is 2. The number of rotatable bonds is 0. The van der Waals surface area contributed by atoms with E-state index in [-0.39, 0.29) is 0 Å². The highest BCUT2D eigenvalue weighted by Gasteiger charge is 2.19. The summed E-state index contributed by atoms with van der Waals surface area (Å²) in [6.07, 6.45) is 10.2. The molecule has 3 rings (SSSR count). The van der Waals surface area contributed by atoms with E-state index >= 15 is 0 Å². The van der Waals surface area contributed by atoms with Crippen LogP contribution in [-0.4, -0.2) is 0 Å². The quantitative estimate of drug-likeness (QED) is 0.600. The highest BCUT2D eigenvalue weighted by atomic mass is 16.5. The van der Waals surface area contributed by atoms with Gasteiger partial charge in [-0.05, 0) is 17.7 Å². The molecule has 64 valence electrons. The molecular weight excluding hydrogens is 164 g/mol. The van der Waals surface area contributed by atoms with Gasteiger partial charge in [-0.15, -0.1) is 0 Å². The number of hydrogen-bond donors (Lipinski definition) is 0. The third kappa shape index (κ3) is 0.952. The van der Waals surface area contributed by atoms with Gasteiger partial charge in [-0.2, -0.15) is 0 Å². The Bertz CT molecular complexity index is 433. The van der Waals surface area contributed by atoms with Gasteiger partial charge in [0.15, 0.2) is 0 Å². The smallest absolute Gasteiger partial charge is 0.133 e. The van der Waals surface area contributed by atoms with Crippen molar-refractivity contribution < 1.29 is 9.15 Å². The predicted octanol–water partition coefficient (Wildman–Crippen LogP) is 2.65. The summed E-state index contributed by atoms with van der Waals surface area (Å²) in [7, 11) is 0. The van der Waals surface area contributed by atoms with E-state index in [4.69, 9.17) is 9.15 Å². The fourth-order valence-electron chi connectivity index (χ4n) is 1.64. The maximum Gasteiger partial charge on any atom is 0.133 e. The predicted molar refractivity (Wildman–Crippen MR) is 48.7 cm³/mol. The largest absolute Gasteiger partial charge is 0.465 e. The molecule has 1 aliphatic heterocycles. The molecule has 1 aromatic heterocycles. The van der Waals surface area contributed by atoms with Crippen molar-refractivity contribution in [1.29, 1.82) is 0 Å². The van der Waals surface area contributed by atoms with Gasteiger partial charge in [-0.25, -0.2) is 0 Å². The summed E-state index contributed by atoms with van der Waals surface area (Å²) in [5.74, 6) is 1.83. The van der Waals surface area contributed by atoms with E-state index in [0.29, 0.717) is 0 Å². The molecule has 0 saturated carbocycles. The average Bonchev–Trinajstić information content (AvgIpc) is 2.61. The Morgan fingerprint density at radius 1 is 1.31 bits per heavy atom. The van der Waals surface area contributed by atoms with Crippen molar-refractivity contribution in [2.45, 2.75) is 6.42 Å². The van der Waals surface area contributed by atoms with Crippen LogP contribution in [0.4, 0.5) is 0 Å². The summed E-state index contributed by atoms with van der Waals surface area (Å²) in [6.45, 7) is 0. The van der Waals surface area contributed by atoms with Crippen LogP contribution >= 0.6 is 0 Å². The van der Waals surface area contributed by atoms with Crippen molar-refractivity contribution in [3.63, 3.8) is 0 Å².